The smallest absolute Gasteiger partial charge is 0.260 e. The van der Waals surface area contributed by atoms with E-state index in [9.17, 15) is 9.59 Å². The van der Waals surface area contributed by atoms with Crippen molar-refractivity contribution in [3.63, 3.8) is 0 Å². The van der Waals surface area contributed by atoms with Gasteiger partial charge in [0.15, 0.2) is 6.61 Å². The van der Waals surface area contributed by atoms with Gasteiger partial charge in [-0.15, -0.1) is 0 Å². The molecule has 140 valence electrons. The van der Waals surface area contributed by atoms with E-state index < -0.39 is 0 Å². The number of nitrogens with zero attached hydrogens (tertiary/aromatic N) is 2. The SMILES string of the molecule is O=C(COc1ccc2c(c1)CCC2)N1CCN(C(=O)[C@@H]2CCCO2)CC1. The molecule has 0 bridgehead atoms. The molecular weight excluding hydrogens is 332 g/mol. The first kappa shape index (κ1) is 17.3. The predicted octanol–water partition coefficient (Wildman–Crippen LogP) is 1.40. The van der Waals surface area contributed by atoms with Crippen molar-refractivity contribution in [1.82, 2.24) is 9.80 Å². The van der Waals surface area contributed by atoms with Gasteiger partial charge in [-0.2, -0.15) is 0 Å². The molecule has 1 aliphatic carbocycles. The summed E-state index contributed by atoms with van der Waals surface area (Å²) in [6.07, 6.45) is 4.93. The fraction of sp³-hybridized carbons (Fsp3) is 0.600. The van der Waals surface area contributed by atoms with Crippen LogP contribution in [0.25, 0.3) is 0 Å². The maximum atomic E-state index is 12.4. The maximum absolute atomic E-state index is 12.4. The average molecular weight is 358 g/mol. The largest absolute Gasteiger partial charge is 0.484 e. The summed E-state index contributed by atoms with van der Waals surface area (Å²) < 4.78 is 11.2. The molecule has 0 unspecified atom stereocenters. The second-order valence-electron chi connectivity index (χ2n) is 7.28. The minimum atomic E-state index is -0.277. The Balaban J connectivity index is 1.24. The number of amides is 2. The molecule has 0 spiro atoms. The highest BCUT2D eigenvalue weighted by molar-refractivity contribution is 5.82. The van der Waals surface area contributed by atoms with Crippen molar-refractivity contribution in [2.75, 3.05) is 39.4 Å². The third-order valence-corrected chi connectivity index (χ3v) is 5.58. The van der Waals surface area contributed by atoms with Crippen LogP contribution in [0, 0.1) is 0 Å². The number of aryl methyl sites for hydroxylation is 2. The second-order valence-corrected chi connectivity index (χ2v) is 7.28. The third kappa shape index (κ3) is 3.70. The maximum Gasteiger partial charge on any atom is 0.260 e. The molecule has 1 atom stereocenters. The van der Waals surface area contributed by atoms with Crippen LogP contribution in [0.15, 0.2) is 18.2 Å². The second kappa shape index (κ2) is 7.66. The summed E-state index contributed by atoms with van der Waals surface area (Å²) in [7, 11) is 0. The lowest BCUT2D eigenvalue weighted by Crippen LogP contribution is -2.53. The number of fused-ring (bicyclic) bond motifs is 1. The normalized spacial score (nSPS) is 22.4. The molecule has 0 saturated carbocycles. The Morgan fingerprint density at radius 2 is 1.81 bits per heavy atom. The van der Waals surface area contributed by atoms with Crippen LogP contribution in [0.3, 0.4) is 0 Å². The predicted molar refractivity (Wildman–Crippen MR) is 96.1 cm³/mol. The van der Waals surface area contributed by atoms with Crippen molar-refractivity contribution in [1.29, 1.82) is 0 Å². The molecule has 2 amide bonds. The van der Waals surface area contributed by atoms with E-state index in [0.29, 0.717) is 32.8 Å². The van der Waals surface area contributed by atoms with Gasteiger partial charge in [0.25, 0.3) is 11.8 Å². The molecule has 2 heterocycles. The summed E-state index contributed by atoms with van der Waals surface area (Å²) >= 11 is 0. The molecule has 0 aromatic heterocycles. The van der Waals surface area contributed by atoms with Crippen LogP contribution in [0.5, 0.6) is 5.75 Å². The summed E-state index contributed by atoms with van der Waals surface area (Å²) in [4.78, 5) is 28.4. The van der Waals surface area contributed by atoms with Crippen molar-refractivity contribution in [2.24, 2.45) is 0 Å². The first-order valence-electron chi connectivity index (χ1n) is 9.63. The van der Waals surface area contributed by atoms with Gasteiger partial charge in [-0.05, 0) is 55.4 Å². The van der Waals surface area contributed by atoms with Crippen molar-refractivity contribution >= 4 is 11.8 Å². The van der Waals surface area contributed by atoms with Gasteiger partial charge in [0.05, 0.1) is 0 Å². The topological polar surface area (TPSA) is 59.1 Å². The van der Waals surface area contributed by atoms with Crippen LogP contribution in [0.4, 0.5) is 0 Å². The Morgan fingerprint density at radius 1 is 1.04 bits per heavy atom. The Kier molecular flexibility index (Phi) is 5.11. The van der Waals surface area contributed by atoms with Crippen LogP contribution >= 0.6 is 0 Å². The highest BCUT2D eigenvalue weighted by atomic mass is 16.5. The van der Waals surface area contributed by atoms with E-state index in [1.807, 2.05) is 11.0 Å². The fourth-order valence-electron chi connectivity index (χ4n) is 4.03. The minimum Gasteiger partial charge on any atom is -0.484 e. The van der Waals surface area contributed by atoms with Gasteiger partial charge in [0, 0.05) is 32.8 Å². The van der Waals surface area contributed by atoms with Gasteiger partial charge in [-0.3, -0.25) is 9.59 Å². The molecule has 3 aliphatic rings. The number of hydrogen-bond donors (Lipinski definition) is 0. The zero-order chi connectivity index (χ0) is 17.9. The van der Waals surface area contributed by atoms with E-state index in [1.54, 1.807) is 4.90 Å². The Labute approximate surface area is 154 Å². The molecule has 6 nitrogen and oxygen atoms in total. The van der Waals surface area contributed by atoms with Crippen molar-refractivity contribution in [3.8, 4) is 5.75 Å². The van der Waals surface area contributed by atoms with Crippen LogP contribution in [-0.2, 0) is 27.2 Å². The molecular formula is C20H26N2O4. The zero-order valence-electron chi connectivity index (χ0n) is 15.1. The summed E-state index contributed by atoms with van der Waals surface area (Å²) in [5, 5.41) is 0. The Bertz CT molecular complexity index is 676. The molecule has 0 N–H and O–H groups in total. The van der Waals surface area contributed by atoms with E-state index in [-0.39, 0.29) is 24.5 Å². The van der Waals surface area contributed by atoms with E-state index in [4.69, 9.17) is 9.47 Å². The standard InChI is InChI=1S/C20H26N2O4/c23-19(14-26-17-7-6-15-3-1-4-16(15)13-17)21-8-10-22(11-9-21)20(24)18-5-2-12-25-18/h6-7,13,18H,1-5,8-12,14H2/t18-/m0/s1. The molecule has 1 aromatic rings. The molecule has 0 radical (unpaired) electrons. The summed E-state index contributed by atoms with van der Waals surface area (Å²) in [6, 6.07) is 6.13. The van der Waals surface area contributed by atoms with Gasteiger partial charge in [0.2, 0.25) is 0 Å². The van der Waals surface area contributed by atoms with E-state index >= 15 is 0 Å². The lowest BCUT2D eigenvalue weighted by atomic mass is 10.1. The van der Waals surface area contributed by atoms with E-state index in [0.717, 1.165) is 31.4 Å². The summed E-state index contributed by atoms with van der Waals surface area (Å²) in [6.45, 7) is 3.00. The van der Waals surface area contributed by atoms with Gasteiger partial charge < -0.3 is 19.3 Å². The third-order valence-electron chi connectivity index (χ3n) is 5.58. The molecule has 26 heavy (non-hydrogen) atoms. The number of carbonyl (C=O) groups is 2. The quantitative estimate of drug-likeness (QED) is 0.816. The van der Waals surface area contributed by atoms with Gasteiger partial charge in [-0.25, -0.2) is 0 Å². The number of piperazine rings is 1. The number of hydrogen-bond acceptors (Lipinski definition) is 4. The monoisotopic (exact) mass is 358 g/mol. The lowest BCUT2D eigenvalue weighted by Gasteiger charge is -2.35. The van der Waals surface area contributed by atoms with Crippen LogP contribution in [0.1, 0.15) is 30.4 Å². The van der Waals surface area contributed by atoms with Crippen LogP contribution < -0.4 is 4.74 Å². The number of rotatable bonds is 4. The molecule has 2 aliphatic heterocycles. The minimum absolute atomic E-state index is 0.0188. The van der Waals surface area contributed by atoms with Gasteiger partial charge in [0.1, 0.15) is 11.9 Å². The Hall–Kier alpha value is -2.08. The van der Waals surface area contributed by atoms with Crippen LogP contribution in [-0.4, -0.2) is 67.1 Å². The molecule has 2 saturated heterocycles. The highest BCUT2D eigenvalue weighted by Crippen LogP contribution is 2.26. The number of carbonyl (C=O) groups excluding carboxylic acids is 2. The van der Waals surface area contributed by atoms with Gasteiger partial charge >= 0.3 is 0 Å². The van der Waals surface area contributed by atoms with Crippen molar-refractivity contribution < 1.29 is 19.1 Å². The average Bonchev–Trinajstić information content (AvgIpc) is 3.37. The molecule has 1 aromatic carbocycles. The first-order chi connectivity index (χ1) is 12.7. The van der Waals surface area contributed by atoms with E-state index in [2.05, 4.69) is 12.1 Å². The van der Waals surface area contributed by atoms with Crippen molar-refractivity contribution in [3.05, 3.63) is 29.3 Å². The highest BCUT2D eigenvalue weighted by Gasteiger charge is 2.31. The van der Waals surface area contributed by atoms with Gasteiger partial charge in [-0.1, -0.05) is 6.07 Å². The van der Waals surface area contributed by atoms with E-state index in [1.165, 1.54) is 17.5 Å². The fourth-order valence-corrected chi connectivity index (χ4v) is 4.03. The molecule has 2 fully saturated rings. The van der Waals surface area contributed by atoms with Crippen LogP contribution in [0.2, 0.25) is 0 Å². The Morgan fingerprint density at radius 3 is 2.58 bits per heavy atom. The summed E-state index contributed by atoms with van der Waals surface area (Å²) in [5.74, 6) is 0.824. The first-order valence-corrected chi connectivity index (χ1v) is 9.63. The zero-order valence-corrected chi connectivity index (χ0v) is 15.1. The number of ether oxygens (including phenoxy) is 2. The lowest BCUT2D eigenvalue weighted by molar-refractivity contribution is -0.146. The summed E-state index contributed by atoms with van der Waals surface area (Å²) in [5.41, 5.74) is 2.74. The number of benzene rings is 1. The molecule has 6 heteroatoms. The van der Waals surface area contributed by atoms with Crippen molar-refractivity contribution in [2.45, 2.75) is 38.2 Å². The molecule has 4 rings (SSSR count).